The molecule has 7 heteroatoms. The Kier molecular flexibility index (Phi) is 5.73. The molecule has 3 rings (SSSR count). The number of hydrogen-bond acceptors (Lipinski definition) is 4. The Labute approximate surface area is 155 Å². The molecule has 1 N–H and O–H groups in total. The maximum Gasteiger partial charge on any atom is 0.230 e. The summed E-state index contributed by atoms with van der Waals surface area (Å²) in [6, 6.07) is 17.3. The van der Waals surface area contributed by atoms with Gasteiger partial charge in [-0.25, -0.2) is 0 Å². The number of amides is 1. The molecule has 0 unspecified atom stereocenters. The average molecular weight is 373 g/mol. The van der Waals surface area contributed by atoms with E-state index >= 15 is 0 Å². The summed E-state index contributed by atoms with van der Waals surface area (Å²) in [5.74, 6) is 0.963. The van der Waals surface area contributed by atoms with Gasteiger partial charge >= 0.3 is 0 Å². The highest BCUT2D eigenvalue weighted by atomic mass is 35.5. The fourth-order valence-electron chi connectivity index (χ4n) is 2.33. The first-order valence-electron chi connectivity index (χ1n) is 7.75. The lowest BCUT2D eigenvalue weighted by Gasteiger charge is -2.09. The lowest BCUT2D eigenvalue weighted by atomic mass is 10.2. The predicted molar refractivity (Wildman–Crippen MR) is 100 cm³/mol. The van der Waals surface area contributed by atoms with E-state index in [-0.39, 0.29) is 11.7 Å². The highest BCUT2D eigenvalue weighted by Gasteiger charge is 2.13. The highest BCUT2D eigenvalue weighted by Crippen LogP contribution is 2.21. The van der Waals surface area contributed by atoms with E-state index in [9.17, 15) is 4.79 Å². The molecule has 1 heterocycles. The number of hydrogen-bond donors (Lipinski definition) is 1. The number of carbonyl (C=O) groups is 1. The summed E-state index contributed by atoms with van der Waals surface area (Å²) in [4.78, 5) is 12.1. The van der Waals surface area contributed by atoms with E-state index in [0.29, 0.717) is 16.7 Å². The van der Waals surface area contributed by atoms with Crippen LogP contribution in [0.25, 0.3) is 5.69 Å². The zero-order valence-corrected chi connectivity index (χ0v) is 15.2. The van der Waals surface area contributed by atoms with Crippen molar-refractivity contribution in [1.29, 1.82) is 0 Å². The fourth-order valence-corrected chi connectivity index (χ4v) is 3.36. The van der Waals surface area contributed by atoms with Gasteiger partial charge in [0.2, 0.25) is 5.91 Å². The van der Waals surface area contributed by atoms with Crippen molar-refractivity contribution in [2.75, 3.05) is 5.75 Å². The molecular formula is C18H17ClN4OS. The van der Waals surface area contributed by atoms with Crippen LogP contribution < -0.4 is 5.32 Å². The van der Waals surface area contributed by atoms with Crippen LogP contribution in [0.5, 0.6) is 0 Å². The quantitative estimate of drug-likeness (QED) is 0.671. The predicted octanol–water partition coefficient (Wildman–Crippen LogP) is 3.64. The zero-order valence-electron chi connectivity index (χ0n) is 13.6. The van der Waals surface area contributed by atoms with Crippen molar-refractivity contribution in [3.05, 3.63) is 71.0 Å². The van der Waals surface area contributed by atoms with E-state index in [1.54, 1.807) is 0 Å². The molecule has 0 saturated heterocycles. The molecular weight excluding hydrogens is 356 g/mol. The van der Waals surface area contributed by atoms with Crippen LogP contribution in [-0.4, -0.2) is 26.4 Å². The second-order valence-electron chi connectivity index (χ2n) is 5.36. The van der Waals surface area contributed by atoms with Gasteiger partial charge in [0.1, 0.15) is 5.82 Å². The molecule has 0 bridgehead atoms. The average Bonchev–Trinajstić information content (AvgIpc) is 3.00. The number of aryl methyl sites for hydroxylation is 1. The minimum atomic E-state index is -0.0785. The van der Waals surface area contributed by atoms with E-state index in [0.717, 1.165) is 17.1 Å². The topological polar surface area (TPSA) is 59.8 Å². The Hall–Kier alpha value is -2.31. The number of rotatable bonds is 6. The minimum Gasteiger partial charge on any atom is -0.351 e. The lowest BCUT2D eigenvalue weighted by Crippen LogP contribution is -2.24. The Morgan fingerprint density at radius 1 is 1.12 bits per heavy atom. The van der Waals surface area contributed by atoms with Crippen molar-refractivity contribution in [2.24, 2.45) is 0 Å². The number of thioether (sulfide) groups is 1. The van der Waals surface area contributed by atoms with Crippen molar-refractivity contribution < 1.29 is 4.79 Å². The molecule has 0 aliphatic heterocycles. The first-order valence-corrected chi connectivity index (χ1v) is 9.12. The van der Waals surface area contributed by atoms with Crippen LogP contribution in [0.2, 0.25) is 5.02 Å². The number of aromatic nitrogens is 3. The molecule has 0 radical (unpaired) electrons. The summed E-state index contributed by atoms with van der Waals surface area (Å²) >= 11 is 7.45. The molecule has 1 aromatic heterocycles. The Morgan fingerprint density at radius 2 is 1.84 bits per heavy atom. The second kappa shape index (κ2) is 8.18. The molecule has 0 atom stereocenters. The van der Waals surface area contributed by atoms with Gasteiger partial charge in [0.25, 0.3) is 0 Å². The third-order valence-electron chi connectivity index (χ3n) is 3.58. The van der Waals surface area contributed by atoms with Gasteiger partial charge in [0.15, 0.2) is 5.16 Å². The lowest BCUT2D eigenvalue weighted by molar-refractivity contribution is -0.118. The van der Waals surface area contributed by atoms with Crippen molar-refractivity contribution in [3.63, 3.8) is 0 Å². The van der Waals surface area contributed by atoms with E-state index in [1.165, 1.54) is 11.8 Å². The maximum absolute atomic E-state index is 12.1. The number of para-hydroxylation sites is 1. The molecule has 0 aliphatic rings. The Balaban J connectivity index is 1.61. The summed E-state index contributed by atoms with van der Waals surface area (Å²) in [7, 11) is 0. The molecule has 0 saturated carbocycles. The third-order valence-corrected chi connectivity index (χ3v) is 4.87. The van der Waals surface area contributed by atoms with Crippen LogP contribution >= 0.6 is 23.4 Å². The molecule has 5 nitrogen and oxygen atoms in total. The summed E-state index contributed by atoms with van der Waals surface area (Å²) < 4.78 is 1.94. The fraction of sp³-hybridized carbons (Fsp3) is 0.167. The highest BCUT2D eigenvalue weighted by molar-refractivity contribution is 7.99. The molecule has 128 valence electrons. The SMILES string of the molecule is Cc1nnc(SCC(=O)NCc2ccccc2Cl)n1-c1ccccc1. The summed E-state index contributed by atoms with van der Waals surface area (Å²) in [6.07, 6.45) is 0. The van der Waals surface area contributed by atoms with Gasteiger partial charge in [-0.15, -0.1) is 10.2 Å². The maximum atomic E-state index is 12.1. The van der Waals surface area contributed by atoms with Gasteiger partial charge in [0.05, 0.1) is 5.75 Å². The largest absolute Gasteiger partial charge is 0.351 e. The molecule has 2 aromatic carbocycles. The van der Waals surface area contributed by atoms with Crippen molar-refractivity contribution >= 4 is 29.3 Å². The van der Waals surface area contributed by atoms with Crippen LogP contribution in [0.4, 0.5) is 0 Å². The standard InChI is InChI=1S/C18H17ClN4OS/c1-13-21-22-18(23(13)15-8-3-2-4-9-15)25-12-17(24)20-11-14-7-5-6-10-16(14)19/h2-10H,11-12H2,1H3,(H,20,24). The van der Waals surface area contributed by atoms with Crippen molar-refractivity contribution in [1.82, 2.24) is 20.1 Å². The van der Waals surface area contributed by atoms with E-state index < -0.39 is 0 Å². The minimum absolute atomic E-state index is 0.0785. The van der Waals surface area contributed by atoms with Crippen LogP contribution in [0.3, 0.4) is 0 Å². The molecule has 0 spiro atoms. The molecule has 3 aromatic rings. The number of benzene rings is 2. The van der Waals surface area contributed by atoms with Gasteiger partial charge in [-0.05, 0) is 30.7 Å². The number of carbonyl (C=O) groups excluding carboxylic acids is 1. The van der Waals surface area contributed by atoms with Crippen molar-refractivity contribution in [3.8, 4) is 5.69 Å². The summed E-state index contributed by atoms with van der Waals surface area (Å²) in [5.41, 5.74) is 1.87. The second-order valence-corrected chi connectivity index (χ2v) is 6.71. The zero-order chi connectivity index (χ0) is 17.6. The van der Waals surface area contributed by atoms with Crippen LogP contribution in [0.15, 0.2) is 59.8 Å². The third kappa shape index (κ3) is 4.41. The van der Waals surface area contributed by atoms with E-state index in [2.05, 4.69) is 15.5 Å². The van der Waals surface area contributed by atoms with Gasteiger partial charge in [-0.2, -0.15) is 0 Å². The van der Waals surface area contributed by atoms with Crippen LogP contribution in [-0.2, 0) is 11.3 Å². The number of nitrogens with one attached hydrogen (secondary N) is 1. The van der Waals surface area contributed by atoms with E-state index in [1.807, 2.05) is 66.1 Å². The normalized spacial score (nSPS) is 10.6. The van der Waals surface area contributed by atoms with Gasteiger partial charge < -0.3 is 5.32 Å². The van der Waals surface area contributed by atoms with Gasteiger partial charge in [0, 0.05) is 17.3 Å². The van der Waals surface area contributed by atoms with Gasteiger partial charge in [-0.3, -0.25) is 9.36 Å². The first-order chi connectivity index (χ1) is 12.1. The summed E-state index contributed by atoms with van der Waals surface area (Å²) in [6.45, 7) is 2.30. The molecule has 0 fully saturated rings. The smallest absolute Gasteiger partial charge is 0.230 e. The monoisotopic (exact) mass is 372 g/mol. The Bertz CT molecular complexity index is 867. The Morgan fingerprint density at radius 3 is 2.60 bits per heavy atom. The van der Waals surface area contributed by atoms with Crippen molar-refractivity contribution in [2.45, 2.75) is 18.6 Å². The first kappa shape index (κ1) is 17.5. The summed E-state index contributed by atoms with van der Waals surface area (Å²) in [5, 5.41) is 12.5. The van der Waals surface area contributed by atoms with Gasteiger partial charge in [-0.1, -0.05) is 59.8 Å². The number of nitrogens with zero attached hydrogens (tertiary/aromatic N) is 3. The van der Waals surface area contributed by atoms with Crippen LogP contribution in [0, 0.1) is 6.92 Å². The van der Waals surface area contributed by atoms with E-state index in [4.69, 9.17) is 11.6 Å². The molecule has 1 amide bonds. The number of halogens is 1. The molecule has 0 aliphatic carbocycles. The molecule has 25 heavy (non-hydrogen) atoms. The van der Waals surface area contributed by atoms with Crippen LogP contribution in [0.1, 0.15) is 11.4 Å².